The molecule has 1 aromatic carbocycles. The molecule has 1 aromatic heterocycles. The van der Waals surface area contributed by atoms with Gasteiger partial charge in [-0.05, 0) is 19.1 Å². The molecule has 1 aliphatic rings. The number of ether oxygens (including phenoxy) is 2. The Morgan fingerprint density at radius 2 is 2.11 bits per heavy atom. The van der Waals surface area contributed by atoms with Crippen molar-refractivity contribution in [1.82, 2.24) is 10.3 Å². The Hall–Kier alpha value is -3.25. The van der Waals surface area contributed by atoms with Gasteiger partial charge >= 0.3 is 0 Å². The van der Waals surface area contributed by atoms with Crippen LogP contribution in [0.15, 0.2) is 39.6 Å². The summed E-state index contributed by atoms with van der Waals surface area (Å²) in [6, 6.07) is 7.46. The van der Waals surface area contributed by atoms with Crippen molar-refractivity contribution in [3.8, 4) is 17.6 Å². The third-order valence-electron chi connectivity index (χ3n) is 3.86. The molecule has 0 aliphatic carbocycles. The van der Waals surface area contributed by atoms with Crippen LogP contribution in [0.5, 0.6) is 11.5 Å². The van der Waals surface area contributed by atoms with E-state index < -0.39 is 0 Å². The molecule has 2 heterocycles. The van der Waals surface area contributed by atoms with E-state index in [-0.39, 0.29) is 11.7 Å². The second-order valence-electron chi connectivity index (χ2n) is 5.96. The lowest BCUT2D eigenvalue weighted by Crippen LogP contribution is -2.27. The molecule has 144 valence electrons. The van der Waals surface area contributed by atoms with Gasteiger partial charge in [-0.2, -0.15) is 5.26 Å². The van der Waals surface area contributed by atoms with E-state index in [2.05, 4.69) is 21.4 Å². The van der Waals surface area contributed by atoms with Gasteiger partial charge in [0.15, 0.2) is 11.5 Å². The van der Waals surface area contributed by atoms with Crippen molar-refractivity contribution < 1.29 is 14.3 Å². The van der Waals surface area contributed by atoms with E-state index in [0.717, 1.165) is 5.39 Å². The van der Waals surface area contributed by atoms with E-state index in [0.29, 0.717) is 52.2 Å². The van der Waals surface area contributed by atoms with Crippen molar-refractivity contribution in [2.45, 2.75) is 11.9 Å². The Morgan fingerprint density at radius 1 is 1.39 bits per heavy atom. The third-order valence-corrected chi connectivity index (χ3v) is 4.85. The highest BCUT2D eigenvalue weighted by molar-refractivity contribution is 8.00. The summed E-state index contributed by atoms with van der Waals surface area (Å²) >= 11 is 1.18. The minimum absolute atomic E-state index is 0.0755. The van der Waals surface area contributed by atoms with Gasteiger partial charge in [-0.25, -0.2) is 4.98 Å². The number of nitrogens with zero attached hydrogens (tertiary/aromatic N) is 3. The molecule has 0 saturated heterocycles. The van der Waals surface area contributed by atoms with E-state index in [9.17, 15) is 10.1 Å². The van der Waals surface area contributed by atoms with Gasteiger partial charge in [-0.3, -0.25) is 9.79 Å². The summed E-state index contributed by atoms with van der Waals surface area (Å²) < 4.78 is 11.2. The van der Waals surface area contributed by atoms with Gasteiger partial charge in [-0.1, -0.05) is 11.8 Å². The Kier molecular flexibility index (Phi) is 6.01. The number of carbonyl (C=O) groups is 1. The highest BCUT2D eigenvalue weighted by Crippen LogP contribution is 2.35. The third kappa shape index (κ3) is 4.35. The van der Waals surface area contributed by atoms with Crippen molar-refractivity contribution in [3.63, 3.8) is 0 Å². The van der Waals surface area contributed by atoms with Crippen molar-refractivity contribution in [2.75, 3.05) is 26.0 Å². The second kappa shape index (κ2) is 8.63. The first-order valence-electron chi connectivity index (χ1n) is 8.47. The van der Waals surface area contributed by atoms with Crippen LogP contribution in [0.2, 0.25) is 0 Å². The number of amides is 1. The lowest BCUT2D eigenvalue weighted by molar-refractivity contribution is -0.117. The fraction of sp³-hybridized carbons (Fsp3) is 0.263. The van der Waals surface area contributed by atoms with Crippen molar-refractivity contribution >= 4 is 34.8 Å². The summed E-state index contributed by atoms with van der Waals surface area (Å²) in [6.45, 7) is 2.64. The molecule has 0 fully saturated rings. The molecule has 9 heteroatoms. The number of hydrogen-bond donors (Lipinski definition) is 2. The smallest absolute Gasteiger partial charge is 0.234 e. The Bertz CT molecular complexity index is 1020. The molecular formula is C19H19N5O3S. The summed E-state index contributed by atoms with van der Waals surface area (Å²) in [5.41, 5.74) is 7.70. The quantitative estimate of drug-likeness (QED) is 0.584. The topological polar surface area (TPSA) is 123 Å². The molecule has 2 aromatic rings. The number of allylic oxidation sites excluding steroid dienone is 2. The monoisotopic (exact) mass is 397 g/mol. The lowest BCUT2D eigenvalue weighted by atomic mass is 10.1. The number of thioether (sulfide) groups is 1. The molecule has 3 rings (SSSR count). The van der Waals surface area contributed by atoms with E-state index in [1.54, 1.807) is 26.1 Å². The second-order valence-corrected chi connectivity index (χ2v) is 6.93. The zero-order valence-electron chi connectivity index (χ0n) is 15.5. The molecule has 0 radical (unpaired) electrons. The van der Waals surface area contributed by atoms with Crippen LogP contribution in [-0.2, 0) is 4.79 Å². The first-order chi connectivity index (χ1) is 13.5. The Balaban J connectivity index is 1.81. The van der Waals surface area contributed by atoms with Crippen molar-refractivity contribution in [3.05, 3.63) is 35.2 Å². The first-order valence-corrected chi connectivity index (χ1v) is 9.46. The zero-order valence-corrected chi connectivity index (χ0v) is 16.3. The van der Waals surface area contributed by atoms with Crippen LogP contribution in [0.25, 0.3) is 10.9 Å². The van der Waals surface area contributed by atoms with Crippen LogP contribution < -0.4 is 20.5 Å². The molecule has 0 saturated carbocycles. The van der Waals surface area contributed by atoms with Gasteiger partial charge in [0.25, 0.3) is 0 Å². The predicted molar refractivity (Wildman–Crippen MR) is 108 cm³/mol. The largest absolute Gasteiger partial charge is 0.486 e. The van der Waals surface area contributed by atoms with E-state index in [4.69, 9.17) is 15.2 Å². The van der Waals surface area contributed by atoms with Gasteiger partial charge in [0, 0.05) is 30.4 Å². The number of carbonyl (C=O) groups excluding carboxylic acids is 1. The van der Waals surface area contributed by atoms with Crippen molar-refractivity contribution in [1.29, 1.82) is 5.26 Å². The maximum absolute atomic E-state index is 12.2. The van der Waals surface area contributed by atoms with Crippen LogP contribution in [0.4, 0.5) is 0 Å². The van der Waals surface area contributed by atoms with Gasteiger partial charge in [-0.15, -0.1) is 0 Å². The summed E-state index contributed by atoms with van der Waals surface area (Å²) in [5.74, 6) is 1.07. The number of hydrogen-bond acceptors (Lipinski definition) is 8. The van der Waals surface area contributed by atoms with Gasteiger partial charge in [0.2, 0.25) is 5.91 Å². The number of nitrogens with two attached hydrogens (primary N) is 1. The SMILES string of the molecule is CN=C/C(NC(=O)CSc1nc2cc3c(cc2cc1C#N)OCCO3)=C(/C)N. The molecule has 8 nitrogen and oxygen atoms in total. The first kappa shape index (κ1) is 19.5. The van der Waals surface area contributed by atoms with Crippen LogP contribution in [0.3, 0.4) is 0 Å². The highest BCUT2D eigenvalue weighted by Gasteiger charge is 2.16. The molecule has 1 amide bonds. The lowest BCUT2D eigenvalue weighted by Gasteiger charge is -2.18. The predicted octanol–water partition coefficient (Wildman–Crippen LogP) is 1.98. The maximum Gasteiger partial charge on any atom is 0.234 e. The molecule has 3 N–H and O–H groups in total. The highest BCUT2D eigenvalue weighted by atomic mass is 32.2. The van der Waals surface area contributed by atoms with Gasteiger partial charge in [0.1, 0.15) is 24.3 Å². The van der Waals surface area contributed by atoms with Crippen LogP contribution in [0, 0.1) is 11.3 Å². The average Bonchev–Trinajstić information content (AvgIpc) is 2.69. The van der Waals surface area contributed by atoms with Crippen LogP contribution >= 0.6 is 11.8 Å². The molecule has 28 heavy (non-hydrogen) atoms. The number of fused-ring (bicyclic) bond motifs is 2. The van der Waals surface area contributed by atoms with Gasteiger partial charge < -0.3 is 20.5 Å². The minimum Gasteiger partial charge on any atom is -0.486 e. The standard InChI is InChI=1S/C19H19N5O3S/c1-11(21)15(9-22-2)23-18(25)10-28-19-13(8-20)5-12-6-16-17(7-14(12)24-19)27-4-3-26-16/h5-7,9H,3-4,10,21H2,1-2H3,(H,23,25)/b15-11+,22-9?. The molecule has 0 spiro atoms. The summed E-state index contributed by atoms with van der Waals surface area (Å²) in [4.78, 5) is 20.6. The molecule has 0 bridgehead atoms. The molecule has 0 atom stereocenters. The Morgan fingerprint density at radius 3 is 2.75 bits per heavy atom. The van der Waals surface area contributed by atoms with Gasteiger partial charge in [0.05, 0.1) is 22.5 Å². The number of aliphatic imine (C=N–C) groups is 1. The summed E-state index contributed by atoms with van der Waals surface area (Å²) in [7, 11) is 1.59. The normalized spacial score (nSPS) is 13.9. The number of nitrogens with one attached hydrogen (secondary N) is 1. The number of nitriles is 1. The Labute approximate surface area is 166 Å². The summed E-state index contributed by atoms with van der Waals surface area (Å²) in [6.07, 6.45) is 1.48. The number of benzene rings is 1. The number of rotatable bonds is 5. The molecule has 0 unspecified atom stereocenters. The fourth-order valence-corrected chi connectivity index (χ4v) is 3.33. The average molecular weight is 397 g/mol. The van der Waals surface area contributed by atoms with Crippen LogP contribution in [-0.4, -0.2) is 43.1 Å². The molecule has 1 aliphatic heterocycles. The van der Waals surface area contributed by atoms with Crippen LogP contribution in [0.1, 0.15) is 12.5 Å². The number of pyridine rings is 1. The van der Waals surface area contributed by atoms with E-state index in [1.807, 2.05) is 6.07 Å². The number of aromatic nitrogens is 1. The summed E-state index contributed by atoms with van der Waals surface area (Å²) in [5, 5.41) is 13.4. The fourth-order valence-electron chi connectivity index (χ4n) is 2.57. The maximum atomic E-state index is 12.2. The van der Waals surface area contributed by atoms with E-state index in [1.165, 1.54) is 18.0 Å². The zero-order chi connectivity index (χ0) is 20.1. The van der Waals surface area contributed by atoms with Crippen molar-refractivity contribution in [2.24, 2.45) is 10.7 Å². The van der Waals surface area contributed by atoms with E-state index >= 15 is 0 Å². The minimum atomic E-state index is -0.266. The molecular weight excluding hydrogens is 378 g/mol.